The first-order valence-corrected chi connectivity index (χ1v) is 8.74. The van der Waals surface area contributed by atoms with E-state index in [-0.39, 0.29) is 11.1 Å². The largest absolute Gasteiger partial charge is 0.495 e. The molecule has 2 aromatic carbocycles. The van der Waals surface area contributed by atoms with Gasteiger partial charge in [0.1, 0.15) is 18.0 Å². The second kappa shape index (κ2) is 8.19. The van der Waals surface area contributed by atoms with E-state index in [0.717, 1.165) is 4.68 Å². The van der Waals surface area contributed by atoms with Gasteiger partial charge in [0.05, 0.1) is 30.3 Å². The van der Waals surface area contributed by atoms with Crippen molar-refractivity contribution in [1.29, 1.82) is 0 Å². The van der Waals surface area contributed by atoms with Gasteiger partial charge >= 0.3 is 0 Å². The van der Waals surface area contributed by atoms with E-state index in [4.69, 9.17) is 26.8 Å². The molecule has 2 amide bonds. The number of rotatable bonds is 6. The number of amides is 2. The maximum absolute atomic E-state index is 12.7. The number of hydrogen-bond acceptors (Lipinski definition) is 6. The monoisotopic (exact) mass is 416 g/mol. The maximum atomic E-state index is 12.7. The van der Waals surface area contributed by atoms with Gasteiger partial charge in [-0.3, -0.25) is 14.4 Å². The Balaban J connectivity index is 1.96. The lowest BCUT2D eigenvalue weighted by molar-refractivity contribution is -0.117. The summed E-state index contributed by atoms with van der Waals surface area (Å²) in [7, 11) is 2.85. The minimum atomic E-state index is -0.806. The highest BCUT2D eigenvalue weighted by atomic mass is 35.5. The molecule has 0 bridgehead atoms. The molecule has 0 aliphatic rings. The summed E-state index contributed by atoms with van der Waals surface area (Å²) in [6.07, 6.45) is 0. The second-order valence-electron chi connectivity index (χ2n) is 5.96. The van der Waals surface area contributed by atoms with Crippen LogP contribution in [-0.2, 0) is 11.3 Å². The van der Waals surface area contributed by atoms with E-state index in [1.165, 1.54) is 32.4 Å². The molecule has 3 N–H and O–H groups in total. The standard InChI is InChI=1S/C19H17ClN4O5/c1-28-14-8-13(15(29-2)7-12(14)20)22-16(25)9-24-19(27)11-6-4-3-5-10(11)17(23-24)18(21)26/h3-8H,9H2,1-2H3,(H2,21,26)(H,22,25). The van der Waals surface area contributed by atoms with E-state index in [9.17, 15) is 14.4 Å². The molecule has 0 aliphatic carbocycles. The number of ether oxygens (including phenoxy) is 2. The van der Waals surface area contributed by atoms with Crippen molar-refractivity contribution in [3.8, 4) is 11.5 Å². The predicted octanol–water partition coefficient (Wildman–Crippen LogP) is 1.80. The Labute approximate surface area is 170 Å². The normalized spacial score (nSPS) is 10.6. The van der Waals surface area contributed by atoms with E-state index in [0.29, 0.717) is 27.6 Å². The molecule has 3 aromatic rings. The zero-order chi connectivity index (χ0) is 21.1. The third kappa shape index (κ3) is 3.99. The van der Waals surface area contributed by atoms with Crippen LogP contribution in [0.3, 0.4) is 0 Å². The van der Waals surface area contributed by atoms with Crippen LogP contribution in [0.5, 0.6) is 11.5 Å². The van der Waals surface area contributed by atoms with Crippen LogP contribution in [0.4, 0.5) is 5.69 Å². The first-order chi connectivity index (χ1) is 13.8. The minimum absolute atomic E-state index is 0.0984. The Bertz CT molecular complexity index is 1180. The fraction of sp³-hybridized carbons (Fsp3) is 0.158. The number of fused-ring (bicyclic) bond motifs is 1. The molecule has 0 fully saturated rings. The van der Waals surface area contributed by atoms with Crippen molar-refractivity contribution in [2.45, 2.75) is 6.54 Å². The van der Waals surface area contributed by atoms with Crippen LogP contribution in [0.15, 0.2) is 41.2 Å². The van der Waals surface area contributed by atoms with E-state index in [1.54, 1.807) is 18.2 Å². The number of halogens is 1. The predicted molar refractivity (Wildman–Crippen MR) is 108 cm³/mol. The van der Waals surface area contributed by atoms with E-state index in [1.807, 2.05) is 0 Å². The van der Waals surface area contributed by atoms with Crippen molar-refractivity contribution in [2.75, 3.05) is 19.5 Å². The van der Waals surface area contributed by atoms with E-state index >= 15 is 0 Å². The number of methoxy groups -OCH3 is 2. The number of nitrogens with two attached hydrogens (primary N) is 1. The highest BCUT2D eigenvalue weighted by Gasteiger charge is 2.17. The zero-order valence-electron chi connectivity index (χ0n) is 15.6. The van der Waals surface area contributed by atoms with Gasteiger partial charge in [0.15, 0.2) is 5.69 Å². The molecule has 0 aliphatic heterocycles. The van der Waals surface area contributed by atoms with Crippen molar-refractivity contribution in [3.63, 3.8) is 0 Å². The molecule has 150 valence electrons. The van der Waals surface area contributed by atoms with E-state index < -0.39 is 23.9 Å². The lowest BCUT2D eigenvalue weighted by Crippen LogP contribution is -2.32. The van der Waals surface area contributed by atoms with Crippen LogP contribution < -0.4 is 26.1 Å². The van der Waals surface area contributed by atoms with Crippen LogP contribution >= 0.6 is 11.6 Å². The van der Waals surface area contributed by atoms with Crippen LogP contribution in [0.1, 0.15) is 10.5 Å². The first-order valence-electron chi connectivity index (χ1n) is 8.36. The molecule has 1 heterocycles. The molecule has 0 radical (unpaired) electrons. The number of anilines is 1. The molecule has 3 rings (SSSR count). The third-order valence-corrected chi connectivity index (χ3v) is 4.44. The number of benzene rings is 2. The Kier molecular flexibility index (Phi) is 5.69. The molecule has 9 nitrogen and oxygen atoms in total. The van der Waals surface area contributed by atoms with Gasteiger partial charge in [0.25, 0.3) is 11.5 Å². The highest BCUT2D eigenvalue weighted by molar-refractivity contribution is 6.32. The smallest absolute Gasteiger partial charge is 0.275 e. The minimum Gasteiger partial charge on any atom is -0.495 e. The Morgan fingerprint density at radius 3 is 2.41 bits per heavy atom. The second-order valence-corrected chi connectivity index (χ2v) is 6.36. The van der Waals surface area contributed by atoms with Crippen molar-refractivity contribution in [1.82, 2.24) is 9.78 Å². The molecular weight excluding hydrogens is 400 g/mol. The number of nitrogens with one attached hydrogen (secondary N) is 1. The van der Waals surface area contributed by atoms with Crippen LogP contribution in [0.25, 0.3) is 10.8 Å². The number of hydrogen-bond donors (Lipinski definition) is 2. The SMILES string of the molecule is COc1cc(NC(=O)Cn2nc(C(N)=O)c3ccccc3c2=O)c(OC)cc1Cl. The number of nitrogens with zero attached hydrogens (tertiary/aromatic N) is 2. The molecule has 0 unspecified atom stereocenters. The molecule has 0 saturated heterocycles. The number of primary amides is 1. The van der Waals surface area contributed by atoms with Gasteiger partial charge in [-0.2, -0.15) is 5.10 Å². The molecule has 29 heavy (non-hydrogen) atoms. The Morgan fingerprint density at radius 2 is 1.79 bits per heavy atom. The van der Waals surface area contributed by atoms with Gasteiger partial charge in [-0.1, -0.05) is 29.8 Å². The fourth-order valence-electron chi connectivity index (χ4n) is 2.81. The molecule has 0 spiro atoms. The van der Waals surface area contributed by atoms with Crippen molar-refractivity contribution in [2.24, 2.45) is 5.73 Å². The van der Waals surface area contributed by atoms with Crippen molar-refractivity contribution >= 4 is 39.9 Å². The van der Waals surface area contributed by atoms with Gasteiger partial charge in [0, 0.05) is 17.5 Å². The summed E-state index contributed by atoms with van der Waals surface area (Å²) < 4.78 is 11.2. The first kappa shape index (κ1) is 20.2. The van der Waals surface area contributed by atoms with Crippen LogP contribution in [0.2, 0.25) is 5.02 Å². The summed E-state index contributed by atoms with van der Waals surface area (Å²) in [6, 6.07) is 9.38. The van der Waals surface area contributed by atoms with Gasteiger partial charge < -0.3 is 20.5 Å². The molecular formula is C19H17ClN4O5. The lowest BCUT2D eigenvalue weighted by Gasteiger charge is -2.14. The lowest BCUT2D eigenvalue weighted by atomic mass is 10.1. The fourth-order valence-corrected chi connectivity index (χ4v) is 3.04. The Hall–Kier alpha value is -3.59. The van der Waals surface area contributed by atoms with Gasteiger partial charge in [-0.05, 0) is 6.07 Å². The topological polar surface area (TPSA) is 126 Å². The maximum Gasteiger partial charge on any atom is 0.275 e. The highest BCUT2D eigenvalue weighted by Crippen LogP contribution is 2.35. The third-order valence-electron chi connectivity index (χ3n) is 4.14. The number of carbonyl (C=O) groups excluding carboxylic acids is 2. The van der Waals surface area contributed by atoms with Crippen molar-refractivity contribution in [3.05, 3.63) is 57.5 Å². The summed E-state index contributed by atoms with van der Waals surface area (Å²) >= 11 is 6.05. The summed E-state index contributed by atoms with van der Waals surface area (Å²) in [6.45, 7) is -0.446. The van der Waals surface area contributed by atoms with Gasteiger partial charge in [0.2, 0.25) is 5.91 Å². The molecule has 0 saturated carbocycles. The van der Waals surface area contributed by atoms with Crippen LogP contribution in [0, 0.1) is 0 Å². The number of aromatic nitrogens is 2. The summed E-state index contributed by atoms with van der Waals surface area (Å²) in [5.74, 6) is -0.743. The average molecular weight is 417 g/mol. The average Bonchev–Trinajstić information content (AvgIpc) is 2.70. The van der Waals surface area contributed by atoms with Gasteiger partial charge in [-0.15, -0.1) is 0 Å². The van der Waals surface area contributed by atoms with Crippen LogP contribution in [-0.4, -0.2) is 35.8 Å². The number of carbonyl (C=O) groups is 2. The van der Waals surface area contributed by atoms with Crippen molar-refractivity contribution < 1.29 is 19.1 Å². The molecule has 0 atom stereocenters. The summed E-state index contributed by atoms with van der Waals surface area (Å²) in [4.78, 5) is 37.0. The Morgan fingerprint density at radius 1 is 1.14 bits per heavy atom. The molecule has 10 heteroatoms. The van der Waals surface area contributed by atoms with E-state index in [2.05, 4.69) is 10.4 Å². The molecule has 1 aromatic heterocycles. The summed E-state index contributed by atoms with van der Waals surface area (Å²) in [5.41, 5.74) is 5.05. The zero-order valence-corrected chi connectivity index (χ0v) is 16.3. The quantitative estimate of drug-likeness (QED) is 0.631. The van der Waals surface area contributed by atoms with Gasteiger partial charge in [-0.25, -0.2) is 4.68 Å². The summed E-state index contributed by atoms with van der Waals surface area (Å²) in [5, 5.41) is 7.44.